The maximum atomic E-state index is 6.38. The Balaban J connectivity index is 1.03. The lowest BCUT2D eigenvalue weighted by atomic mass is 9.98. The van der Waals surface area contributed by atoms with Gasteiger partial charge in [-0.2, -0.15) is 0 Å². The third-order valence-corrected chi connectivity index (χ3v) is 10.2. The number of para-hydroxylation sites is 2. The standard InChI is InChI=1S/C50H33NO/c1-2-9-34(10-3-1)35-19-25-43(26-20-35)51(45-29-23-37(24-30-45)46-14-8-15-48-47-13-6-7-16-49(47)52-50(46)48)44-27-21-36(22-28-44)40-17-18-41-31-38-11-4-5-12-39(38)32-42(41)33-40/h1-33H. The summed E-state index contributed by atoms with van der Waals surface area (Å²) in [5.41, 5.74) is 12.1. The minimum atomic E-state index is 0.910. The molecule has 0 radical (unpaired) electrons. The molecular weight excluding hydrogens is 631 g/mol. The fourth-order valence-electron chi connectivity index (χ4n) is 7.57. The summed E-state index contributed by atoms with van der Waals surface area (Å²) < 4.78 is 6.38. The van der Waals surface area contributed by atoms with Crippen LogP contribution in [0.1, 0.15) is 0 Å². The van der Waals surface area contributed by atoms with Crippen molar-refractivity contribution in [2.45, 2.75) is 0 Å². The minimum absolute atomic E-state index is 0.910. The normalized spacial score (nSPS) is 11.5. The van der Waals surface area contributed by atoms with E-state index in [1.807, 2.05) is 12.1 Å². The molecule has 0 N–H and O–H groups in total. The van der Waals surface area contributed by atoms with Gasteiger partial charge in [0.25, 0.3) is 0 Å². The zero-order valence-corrected chi connectivity index (χ0v) is 28.4. The van der Waals surface area contributed by atoms with Crippen LogP contribution in [0.2, 0.25) is 0 Å². The Labute approximate surface area is 302 Å². The highest BCUT2D eigenvalue weighted by Gasteiger charge is 2.16. The Morgan fingerprint density at radius 2 is 0.808 bits per heavy atom. The Morgan fingerprint density at radius 3 is 1.50 bits per heavy atom. The van der Waals surface area contributed by atoms with Gasteiger partial charge in [-0.3, -0.25) is 0 Å². The van der Waals surface area contributed by atoms with Gasteiger partial charge in [0.15, 0.2) is 0 Å². The lowest BCUT2D eigenvalue weighted by Gasteiger charge is -2.26. The van der Waals surface area contributed by atoms with E-state index >= 15 is 0 Å². The Morgan fingerprint density at radius 1 is 0.308 bits per heavy atom. The van der Waals surface area contributed by atoms with Crippen LogP contribution in [0.5, 0.6) is 0 Å². The fraction of sp³-hybridized carbons (Fsp3) is 0. The zero-order chi connectivity index (χ0) is 34.4. The topological polar surface area (TPSA) is 16.4 Å². The number of anilines is 3. The predicted molar refractivity (Wildman–Crippen MR) is 220 cm³/mol. The van der Waals surface area contributed by atoms with Gasteiger partial charge in [-0.25, -0.2) is 0 Å². The van der Waals surface area contributed by atoms with E-state index in [4.69, 9.17) is 4.42 Å². The third-order valence-electron chi connectivity index (χ3n) is 10.2. The van der Waals surface area contributed by atoms with Gasteiger partial charge in [-0.05, 0) is 110 Å². The molecule has 2 nitrogen and oxygen atoms in total. The van der Waals surface area contributed by atoms with Crippen molar-refractivity contribution in [2.75, 3.05) is 4.90 Å². The smallest absolute Gasteiger partial charge is 0.143 e. The molecule has 0 saturated carbocycles. The molecule has 10 aromatic rings. The maximum absolute atomic E-state index is 6.38. The van der Waals surface area contributed by atoms with Gasteiger partial charge in [0, 0.05) is 33.4 Å². The summed E-state index contributed by atoms with van der Waals surface area (Å²) in [7, 11) is 0. The molecule has 1 aromatic heterocycles. The summed E-state index contributed by atoms with van der Waals surface area (Å²) in [6, 6.07) is 71.7. The molecule has 0 bridgehead atoms. The first-order valence-electron chi connectivity index (χ1n) is 17.7. The van der Waals surface area contributed by atoms with Crippen molar-refractivity contribution in [3.63, 3.8) is 0 Å². The first-order valence-corrected chi connectivity index (χ1v) is 17.7. The van der Waals surface area contributed by atoms with Gasteiger partial charge in [-0.1, -0.05) is 140 Å². The molecule has 52 heavy (non-hydrogen) atoms. The molecule has 244 valence electrons. The van der Waals surface area contributed by atoms with Gasteiger partial charge < -0.3 is 9.32 Å². The summed E-state index contributed by atoms with van der Waals surface area (Å²) in [4.78, 5) is 2.33. The predicted octanol–water partition coefficient (Wildman–Crippen LogP) is 14.4. The molecule has 0 fully saturated rings. The summed E-state index contributed by atoms with van der Waals surface area (Å²) in [6.45, 7) is 0. The van der Waals surface area contributed by atoms with Gasteiger partial charge in [-0.15, -0.1) is 0 Å². The van der Waals surface area contributed by atoms with Crippen LogP contribution in [-0.2, 0) is 0 Å². The molecule has 0 aliphatic carbocycles. The van der Waals surface area contributed by atoms with E-state index in [-0.39, 0.29) is 0 Å². The van der Waals surface area contributed by atoms with Crippen molar-refractivity contribution in [3.8, 4) is 33.4 Å². The second kappa shape index (κ2) is 12.5. The lowest BCUT2D eigenvalue weighted by Crippen LogP contribution is -2.09. The number of hydrogen-bond acceptors (Lipinski definition) is 2. The molecule has 0 saturated heterocycles. The molecule has 0 unspecified atom stereocenters. The van der Waals surface area contributed by atoms with E-state index in [1.54, 1.807) is 0 Å². The van der Waals surface area contributed by atoms with Crippen LogP contribution >= 0.6 is 0 Å². The minimum Gasteiger partial charge on any atom is -0.455 e. The SMILES string of the molecule is c1ccc(-c2ccc(N(c3ccc(-c4ccc5cc6ccccc6cc5c4)cc3)c3ccc(-c4cccc5c4oc4ccccc45)cc3)cc2)cc1. The van der Waals surface area contributed by atoms with Crippen molar-refractivity contribution >= 4 is 60.5 Å². The van der Waals surface area contributed by atoms with Gasteiger partial charge in [0.2, 0.25) is 0 Å². The highest BCUT2D eigenvalue weighted by Crippen LogP contribution is 2.40. The molecular formula is C50H33NO. The number of fused-ring (bicyclic) bond motifs is 5. The molecule has 1 heterocycles. The zero-order valence-electron chi connectivity index (χ0n) is 28.4. The van der Waals surface area contributed by atoms with Crippen molar-refractivity contribution in [2.24, 2.45) is 0 Å². The lowest BCUT2D eigenvalue weighted by molar-refractivity contribution is 0.670. The monoisotopic (exact) mass is 663 g/mol. The first-order chi connectivity index (χ1) is 25.7. The van der Waals surface area contributed by atoms with Crippen LogP contribution in [0.25, 0.3) is 76.9 Å². The Kier molecular flexibility index (Phi) is 7.18. The largest absolute Gasteiger partial charge is 0.455 e. The summed E-state index contributed by atoms with van der Waals surface area (Å²) in [5, 5.41) is 7.31. The van der Waals surface area contributed by atoms with Gasteiger partial charge in [0.05, 0.1) is 0 Å². The molecule has 0 aliphatic heterocycles. The molecule has 9 aromatic carbocycles. The molecule has 0 aliphatic rings. The van der Waals surface area contributed by atoms with E-state index in [0.29, 0.717) is 0 Å². The van der Waals surface area contributed by atoms with E-state index in [9.17, 15) is 0 Å². The second-order valence-electron chi connectivity index (χ2n) is 13.4. The highest BCUT2D eigenvalue weighted by atomic mass is 16.3. The van der Waals surface area contributed by atoms with E-state index in [1.165, 1.54) is 43.8 Å². The molecule has 2 heteroatoms. The van der Waals surface area contributed by atoms with Crippen LogP contribution in [0.15, 0.2) is 205 Å². The molecule has 0 amide bonds. The quantitative estimate of drug-likeness (QED) is 0.165. The number of nitrogens with zero attached hydrogens (tertiary/aromatic N) is 1. The fourth-order valence-corrected chi connectivity index (χ4v) is 7.57. The molecule has 10 rings (SSSR count). The van der Waals surface area contributed by atoms with Gasteiger partial charge in [0.1, 0.15) is 11.2 Å². The Bertz CT molecular complexity index is 2870. The van der Waals surface area contributed by atoms with Crippen LogP contribution in [0.3, 0.4) is 0 Å². The highest BCUT2D eigenvalue weighted by molar-refractivity contribution is 6.09. The first kappa shape index (κ1) is 30.0. The van der Waals surface area contributed by atoms with Gasteiger partial charge >= 0.3 is 0 Å². The van der Waals surface area contributed by atoms with Crippen LogP contribution in [-0.4, -0.2) is 0 Å². The van der Waals surface area contributed by atoms with Crippen molar-refractivity contribution in [3.05, 3.63) is 200 Å². The number of rotatable bonds is 6. The van der Waals surface area contributed by atoms with E-state index < -0.39 is 0 Å². The average molecular weight is 664 g/mol. The second-order valence-corrected chi connectivity index (χ2v) is 13.4. The summed E-state index contributed by atoms with van der Waals surface area (Å²) >= 11 is 0. The number of hydrogen-bond donors (Lipinski definition) is 0. The van der Waals surface area contributed by atoms with Crippen LogP contribution in [0.4, 0.5) is 17.1 Å². The molecule has 0 atom stereocenters. The summed E-state index contributed by atoms with van der Waals surface area (Å²) in [5.74, 6) is 0. The third kappa shape index (κ3) is 5.30. The van der Waals surface area contributed by atoms with Crippen molar-refractivity contribution in [1.82, 2.24) is 0 Å². The van der Waals surface area contributed by atoms with Crippen LogP contribution in [0, 0.1) is 0 Å². The molecule has 0 spiro atoms. The Hall–Kier alpha value is -6.90. The average Bonchev–Trinajstić information content (AvgIpc) is 3.60. The van der Waals surface area contributed by atoms with Crippen molar-refractivity contribution < 1.29 is 4.42 Å². The summed E-state index contributed by atoms with van der Waals surface area (Å²) in [6.07, 6.45) is 0. The van der Waals surface area contributed by atoms with Crippen LogP contribution < -0.4 is 4.90 Å². The number of furan rings is 1. The van der Waals surface area contributed by atoms with E-state index in [0.717, 1.165) is 50.1 Å². The maximum Gasteiger partial charge on any atom is 0.143 e. The number of benzene rings is 9. The van der Waals surface area contributed by atoms with E-state index in [2.05, 4.69) is 193 Å². The van der Waals surface area contributed by atoms with Crippen molar-refractivity contribution in [1.29, 1.82) is 0 Å².